The van der Waals surface area contributed by atoms with Gasteiger partial charge in [0, 0.05) is 28.2 Å². The molecule has 0 atom stereocenters. The van der Waals surface area contributed by atoms with Gasteiger partial charge in [0.1, 0.15) is 11.5 Å². The van der Waals surface area contributed by atoms with Crippen molar-refractivity contribution in [1.29, 1.82) is 0 Å². The van der Waals surface area contributed by atoms with Crippen LogP contribution in [0.2, 0.25) is 0 Å². The molecule has 194 valence electrons. The number of aromatic hydroxyl groups is 1. The van der Waals surface area contributed by atoms with Crippen LogP contribution in [0.1, 0.15) is 12.5 Å². The van der Waals surface area contributed by atoms with Gasteiger partial charge in [0.25, 0.3) is 0 Å². The summed E-state index contributed by atoms with van der Waals surface area (Å²) >= 11 is 0. The van der Waals surface area contributed by atoms with Crippen LogP contribution in [0.3, 0.4) is 0 Å². The van der Waals surface area contributed by atoms with Crippen molar-refractivity contribution in [2.75, 3.05) is 12.0 Å². The lowest BCUT2D eigenvalue weighted by molar-refractivity contribution is -0.112. The molecule has 0 unspecified atom stereocenters. The van der Waals surface area contributed by atoms with Gasteiger partial charge in [-0.15, -0.1) is 0 Å². The zero-order chi connectivity index (χ0) is 27.9. The highest BCUT2D eigenvalue weighted by Crippen LogP contribution is 2.37. The first-order chi connectivity index (χ1) is 18.9. The number of phenols is 1. The molecule has 39 heavy (non-hydrogen) atoms. The minimum atomic E-state index is -0.272. The number of allylic oxidation sites excluding steroid dienone is 5. The van der Waals surface area contributed by atoms with Crippen LogP contribution in [0.4, 0.5) is 17.1 Å². The van der Waals surface area contributed by atoms with Crippen molar-refractivity contribution in [2.45, 2.75) is 6.92 Å². The van der Waals surface area contributed by atoms with Crippen LogP contribution in [0.5, 0.6) is 11.5 Å². The Morgan fingerprint density at radius 1 is 0.821 bits per heavy atom. The SMILES string of the molecule is C=C/C(C=O)=C(\C=C)C(=O)C(C)=Cc1ccc2cc(N(c3ccc(O)cc3)c3ccc(OC)cc3)ccc2c1. The van der Waals surface area contributed by atoms with E-state index in [0.29, 0.717) is 11.9 Å². The van der Waals surface area contributed by atoms with Gasteiger partial charge < -0.3 is 14.7 Å². The molecule has 4 aromatic carbocycles. The fourth-order valence-corrected chi connectivity index (χ4v) is 4.35. The van der Waals surface area contributed by atoms with E-state index in [0.717, 1.165) is 39.1 Å². The first-order valence-corrected chi connectivity index (χ1v) is 12.3. The molecule has 0 aliphatic carbocycles. The molecule has 0 aromatic heterocycles. The Balaban J connectivity index is 1.72. The zero-order valence-electron chi connectivity index (χ0n) is 21.9. The van der Waals surface area contributed by atoms with E-state index in [9.17, 15) is 14.7 Å². The number of methoxy groups -OCH3 is 1. The van der Waals surface area contributed by atoms with Gasteiger partial charge in [0.15, 0.2) is 12.1 Å². The van der Waals surface area contributed by atoms with E-state index in [4.69, 9.17) is 4.74 Å². The third-order valence-corrected chi connectivity index (χ3v) is 6.39. The summed E-state index contributed by atoms with van der Waals surface area (Å²) in [5, 5.41) is 11.8. The molecule has 0 spiro atoms. The van der Waals surface area contributed by atoms with Crippen LogP contribution < -0.4 is 9.64 Å². The van der Waals surface area contributed by atoms with Crippen molar-refractivity contribution >= 4 is 46.0 Å². The average molecular weight is 516 g/mol. The standard InChI is InChI=1S/C34H29NO4/c1-5-25(22-36)33(6-2)34(38)23(3)19-24-7-8-27-21-30(10-9-26(27)20-24)35(28-11-15-31(37)16-12-28)29-13-17-32(39-4)18-14-29/h5-22,37H,1-2H2,3-4H3/b23-19?,33-25-. The number of hydrogen-bond acceptors (Lipinski definition) is 5. The Bertz CT molecular complexity index is 1600. The monoisotopic (exact) mass is 515 g/mol. The van der Waals surface area contributed by atoms with Crippen LogP contribution in [-0.2, 0) is 9.59 Å². The summed E-state index contributed by atoms with van der Waals surface area (Å²) in [5.74, 6) is 0.690. The first-order valence-electron chi connectivity index (χ1n) is 12.3. The molecule has 0 aliphatic rings. The van der Waals surface area contributed by atoms with Gasteiger partial charge in [0.2, 0.25) is 0 Å². The number of ether oxygens (including phenoxy) is 1. The Morgan fingerprint density at radius 2 is 1.41 bits per heavy atom. The van der Waals surface area contributed by atoms with E-state index in [-0.39, 0.29) is 22.7 Å². The number of fused-ring (bicyclic) bond motifs is 1. The van der Waals surface area contributed by atoms with E-state index in [1.54, 1.807) is 32.2 Å². The molecule has 0 bridgehead atoms. The van der Waals surface area contributed by atoms with Crippen molar-refractivity contribution in [1.82, 2.24) is 0 Å². The van der Waals surface area contributed by atoms with Crippen molar-refractivity contribution in [3.8, 4) is 11.5 Å². The molecule has 4 aromatic rings. The molecule has 5 heteroatoms. The number of aldehydes is 1. The second-order valence-electron chi connectivity index (χ2n) is 8.89. The normalized spacial score (nSPS) is 11.9. The molecule has 5 nitrogen and oxygen atoms in total. The lowest BCUT2D eigenvalue weighted by Gasteiger charge is -2.26. The number of carbonyl (C=O) groups excluding carboxylic acids is 2. The Morgan fingerprint density at radius 3 is 2.00 bits per heavy atom. The maximum atomic E-state index is 12.9. The summed E-state index contributed by atoms with van der Waals surface area (Å²) in [5.41, 5.74) is 4.57. The molecular formula is C34H29NO4. The fourth-order valence-electron chi connectivity index (χ4n) is 4.35. The van der Waals surface area contributed by atoms with E-state index in [1.807, 2.05) is 66.7 Å². The van der Waals surface area contributed by atoms with Gasteiger partial charge in [-0.1, -0.05) is 43.5 Å². The Hall–Kier alpha value is -5.16. The van der Waals surface area contributed by atoms with E-state index in [2.05, 4.69) is 24.1 Å². The van der Waals surface area contributed by atoms with E-state index >= 15 is 0 Å². The summed E-state index contributed by atoms with van der Waals surface area (Å²) in [4.78, 5) is 26.3. The van der Waals surface area contributed by atoms with E-state index < -0.39 is 0 Å². The molecule has 0 fully saturated rings. The Kier molecular flexibility index (Phi) is 8.22. The molecule has 0 heterocycles. The minimum absolute atomic E-state index is 0.198. The number of carbonyl (C=O) groups is 2. The van der Waals surface area contributed by atoms with Crippen molar-refractivity contribution in [3.05, 3.63) is 133 Å². The molecule has 0 saturated heterocycles. The van der Waals surface area contributed by atoms with Crippen LogP contribution in [-0.4, -0.2) is 24.3 Å². The highest BCUT2D eigenvalue weighted by Gasteiger charge is 2.15. The van der Waals surface area contributed by atoms with Crippen LogP contribution in [0, 0.1) is 0 Å². The van der Waals surface area contributed by atoms with Crippen LogP contribution in [0.15, 0.2) is 127 Å². The van der Waals surface area contributed by atoms with Crippen molar-refractivity contribution < 1.29 is 19.4 Å². The number of benzene rings is 4. The number of anilines is 3. The molecule has 0 saturated carbocycles. The van der Waals surface area contributed by atoms with Gasteiger partial charge in [0.05, 0.1) is 7.11 Å². The molecule has 0 radical (unpaired) electrons. The summed E-state index contributed by atoms with van der Waals surface area (Å²) in [6, 6.07) is 27.0. The number of rotatable bonds is 10. The Labute approximate surface area is 228 Å². The smallest absolute Gasteiger partial charge is 0.189 e. The molecular weight excluding hydrogens is 486 g/mol. The van der Waals surface area contributed by atoms with Gasteiger partial charge in [-0.25, -0.2) is 0 Å². The number of ketones is 1. The van der Waals surface area contributed by atoms with Crippen LogP contribution >= 0.6 is 0 Å². The number of phenolic OH excluding ortho intramolecular Hbond substituents is 1. The second kappa shape index (κ2) is 11.9. The number of Topliss-reactive ketones (excluding diaryl/α,β-unsaturated/α-hetero) is 1. The van der Waals surface area contributed by atoms with Gasteiger partial charge in [-0.3, -0.25) is 9.59 Å². The molecule has 0 aliphatic heterocycles. The summed E-state index contributed by atoms with van der Waals surface area (Å²) in [6.07, 6.45) is 5.15. The second-order valence-corrected chi connectivity index (χ2v) is 8.89. The molecule has 0 amide bonds. The van der Waals surface area contributed by atoms with Gasteiger partial charge >= 0.3 is 0 Å². The lowest BCUT2D eigenvalue weighted by Crippen LogP contribution is -2.09. The predicted octanol–water partition coefficient (Wildman–Crippen LogP) is 7.86. The first kappa shape index (κ1) is 26.9. The summed E-state index contributed by atoms with van der Waals surface area (Å²) < 4.78 is 5.33. The summed E-state index contributed by atoms with van der Waals surface area (Å²) in [6.45, 7) is 8.99. The van der Waals surface area contributed by atoms with Gasteiger partial charge in [-0.2, -0.15) is 0 Å². The maximum Gasteiger partial charge on any atom is 0.189 e. The highest BCUT2D eigenvalue weighted by molar-refractivity contribution is 6.15. The third kappa shape index (κ3) is 5.89. The maximum absolute atomic E-state index is 12.9. The quantitative estimate of drug-likeness (QED) is 0.132. The van der Waals surface area contributed by atoms with Crippen molar-refractivity contribution in [3.63, 3.8) is 0 Å². The number of hydrogen-bond donors (Lipinski definition) is 1. The van der Waals surface area contributed by atoms with Crippen molar-refractivity contribution in [2.24, 2.45) is 0 Å². The zero-order valence-corrected chi connectivity index (χ0v) is 21.9. The summed E-state index contributed by atoms with van der Waals surface area (Å²) in [7, 11) is 1.63. The average Bonchev–Trinajstić information content (AvgIpc) is 2.97. The molecule has 1 N–H and O–H groups in total. The predicted molar refractivity (Wildman–Crippen MR) is 159 cm³/mol. The fraction of sp³-hybridized carbons (Fsp3) is 0.0588. The lowest BCUT2D eigenvalue weighted by atomic mass is 9.97. The van der Waals surface area contributed by atoms with Gasteiger partial charge in [-0.05, 0) is 102 Å². The number of nitrogens with zero attached hydrogens (tertiary/aromatic N) is 1. The van der Waals surface area contributed by atoms with E-state index in [1.165, 1.54) is 12.2 Å². The largest absolute Gasteiger partial charge is 0.508 e. The topological polar surface area (TPSA) is 66.8 Å². The van der Waals surface area contributed by atoms with Crippen LogP contribution in [0.25, 0.3) is 16.8 Å². The minimum Gasteiger partial charge on any atom is -0.508 e. The highest BCUT2D eigenvalue weighted by atomic mass is 16.5. The third-order valence-electron chi connectivity index (χ3n) is 6.39. The molecule has 4 rings (SSSR count).